The maximum Gasteiger partial charge on any atom is 0.247 e. The van der Waals surface area contributed by atoms with Crippen molar-refractivity contribution in [2.75, 3.05) is 6.61 Å². The van der Waals surface area contributed by atoms with Gasteiger partial charge in [-0.15, -0.1) is 20.4 Å². The third kappa shape index (κ3) is 4.63. The Morgan fingerprint density at radius 1 is 0.879 bits per heavy atom. The first-order chi connectivity index (χ1) is 16.3. The van der Waals surface area contributed by atoms with Gasteiger partial charge in [0, 0.05) is 29.2 Å². The standard InChI is InChI=1S/C24H20N6O2S/c1-2-31-20-12-10-19(11-13-20)30-22(18-9-6-14-25-15-18)27-29-24(30)33-16-21-26-28-23(32-21)17-7-4-3-5-8-17/h3-15H,2,16H2,1H3. The predicted molar refractivity (Wildman–Crippen MR) is 125 cm³/mol. The molecule has 9 heteroatoms. The van der Waals surface area contributed by atoms with Crippen molar-refractivity contribution >= 4 is 11.8 Å². The Balaban J connectivity index is 1.44. The topological polar surface area (TPSA) is 91.8 Å². The molecule has 8 nitrogen and oxygen atoms in total. The van der Waals surface area contributed by atoms with Crippen LogP contribution in [-0.2, 0) is 5.75 Å². The van der Waals surface area contributed by atoms with Crippen molar-refractivity contribution in [3.05, 3.63) is 85.0 Å². The van der Waals surface area contributed by atoms with Gasteiger partial charge in [-0.1, -0.05) is 30.0 Å². The number of aromatic nitrogens is 6. The molecule has 0 spiro atoms. The fourth-order valence-corrected chi connectivity index (χ4v) is 4.06. The molecule has 0 atom stereocenters. The van der Waals surface area contributed by atoms with E-state index in [0.717, 1.165) is 22.6 Å². The molecular formula is C24H20N6O2S. The zero-order chi connectivity index (χ0) is 22.5. The van der Waals surface area contributed by atoms with Gasteiger partial charge in [0.2, 0.25) is 11.8 Å². The lowest BCUT2D eigenvalue weighted by Crippen LogP contribution is -2.00. The summed E-state index contributed by atoms with van der Waals surface area (Å²) in [4.78, 5) is 4.23. The van der Waals surface area contributed by atoms with Crippen molar-refractivity contribution in [2.45, 2.75) is 17.8 Å². The first-order valence-electron chi connectivity index (χ1n) is 10.4. The lowest BCUT2D eigenvalue weighted by Gasteiger charge is -2.11. The molecule has 0 unspecified atom stereocenters. The third-order valence-electron chi connectivity index (χ3n) is 4.77. The summed E-state index contributed by atoms with van der Waals surface area (Å²) >= 11 is 1.47. The summed E-state index contributed by atoms with van der Waals surface area (Å²) in [5.41, 5.74) is 2.67. The number of rotatable bonds is 8. The van der Waals surface area contributed by atoms with Crippen molar-refractivity contribution in [2.24, 2.45) is 0 Å². The second-order valence-electron chi connectivity index (χ2n) is 6.97. The molecular weight excluding hydrogens is 436 g/mol. The van der Waals surface area contributed by atoms with Gasteiger partial charge >= 0.3 is 0 Å². The molecule has 5 aromatic rings. The third-order valence-corrected chi connectivity index (χ3v) is 5.69. The molecule has 0 aliphatic heterocycles. The average Bonchev–Trinajstić information content (AvgIpc) is 3.52. The van der Waals surface area contributed by atoms with Gasteiger partial charge in [0.05, 0.1) is 12.4 Å². The number of ether oxygens (including phenoxy) is 1. The van der Waals surface area contributed by atoms with Gasteiger partial charge in [0.15, 0.2) is 11.0 Å². The van der Waals surface area contributed by atoms with E-state index in [-0.39, 0.29) is 0 Å². The molecule has 0 aliphatic rings. The first kappa shape index (κ1) is 20.9. The van der Waals surface area contributed by atoms with E-state index < -0.39 is 0 Å². The number of nitrogens with zero attached hydrogens (tertiary/aromatic N) is 6. The van der Waals surface area contributed by atoms with Crippen LogP contribution in [0, 0.1) is 0 Å². The van der Waals surface area contributed by atoms with Crippen LogP contribution in [0.15, 0.2) is 88.7 Å². The molecule has 3 heterocycles. The fraction of sp³-hybridized carbons (Fsp3) is 0.125. The maximum absolute atomic E-state index is 5.84. The Morgan fingerprint density at radius 3 is 2.45 bits per heavy atom. The number of thioether (sulfide) groups is 1. The van der Waals surface area contributed by atoms with E-state index in [1.54, 1.807) is 12.4 Å². The van der Waals surface area contributed by atoms with E-state index in [2.05, 4.69) is 25.4 Å². The van der Waals surface area contributed by atoms with Crippen LogP contribution in [0.1, 0.15) is 12.8 Å². The summed E-state index contributed by atoms with van der Waals surface area (Å²) in [6, 6.07) is 21.4. The summed E-state index contributed by atoms with van der Waals surface area (Å²) in [6.07, 6.45) is 3.50. The molecule has 5 rings (SSSR count). The van der Waals surface area contributed by atoms with Crippen LogP contribution in [0.4, 0.5) is 0 Å². The normalized spacial score (nSPS) is 10.9. The van der Waals surface area contributed by atoms with Crippen LogP contribution >= 0.6 is 11.8 Å². The van der Waals surface area contributed by atoms with Gasteiger partial charge in [-0.3, -0.25) is 9.55 Å². The molecule has 33 heavy (non-hydrogen) atoms. The Bertz CT molecular complexity index is 1320. The number of hydrogen-bond acceptors (Lipinski definition) is 8. The minimum absolute atomic E-state index is 0.460. The highest BCUT2D eigenvalue weighted by Gasteiger charge is 2.18. The molecule has 0 bridgehead atoms. The van der Waals surface area contributed by atoms with Crippen molar-refractivity contribution < 1.29 is 9.15 Å². The van der Waals surface area contributed by atoms with Gasteiger partial charge in [-0.25, -0.2) is 0 Å². The van der Waals surface area contributed by atoms with E-state index in [4.69, 9.17) is 9.15 Å². The second kappa shape index (κ2) is 9.66. The quantitative estimate of drug-likeness (QED) is 0.299. The average molecular weight is 457 g/mol. The highest BCUT2D eigenvalue weighted by atomic mass is 32.2. The van der Waals surface area contributed by atoms with Crippen molar-refractivity contribution in [3.8, 4) is 34.3 Å². The summed E-state index contributed by atoms with van der Waals surface area (Å²) in [6.45, 7) is 2.58. The molecule has 0 saturated heterocycles. The molecule has 0 aliphatic carbocycles. The minimum Gasteiger partial charge on any atom is -0.494 e. The van der Waals surface area contributed by atoms with Gasteiger partial charge in [0.1, 0.15) is 5.75 Å². The Hall–Kier alpha value is -3.98. The van der Waals surface area contributed by atoms with E-state index in [9.17, 15) is 0 Å². The Morgan fingerprint density at radius 2 is 1.70 bits per heavy atom. The molecule has 3 aromatic heterocycles. The predicted octanol–water partition coefficient (Wildman–Crippen LogP) is 5.07. The number of pyridine rings is 1. The zero-order valence-electron chi connectivity index (χ0n) is 17.8. The monoisotopic (exact) mass is 456 g/mol. The van der Waals surface area contributed by atoms with E-state index in [1.165, 1.54) is 11.8 Å². The van der Waals surface area contributed by atoms with Crippen molar-refractivity contribution in [1.82, 2.24) is 29.9 Å². The molecule has 0 N–H and O–H groups in total. The van der Waals surface area contributed by atoms with Crippen molar-refractivity contribution in [1.29, 1.82) is 0 Å². The second-order valence-corrected chi connectivity index (χ2v) is 7.91. The highest BCUT2D eigenvalue weighted by molar-refractivity contribution is 7.98. The van der Waals surface area contributed by atoms with Crippen LogP contribution in [0.2, 0.25) is 0 Å². The number of hydrogen-bond donors (Lipinski definition) is 0. The van der Waals surface area contributed by atoms with Gasteiger partial charge in [-0.05, 0) is 55.5 Å². The van der Waals surface area contributed by atoms with E-state index >= 15 is 0 Å². The van der Waals surface area contributed by atoms with Crippen LogP contribution in [0.5, 0.6) is 5.75 Å². The Kier molecular flexibility index (Phi) is 6.12. The molecule has 0 radical (unpaired) electrons. The number of benzene rings is 2. The largest absolute Gasteiger partial charge is 0.494 e. The minimum atomic E-state index is 0.460. The SMILES string of the molecule is CCOc1ccc(-n2c(SCc3nnc(-c4ccccc4)o3)nnc2-c2cccnc2)cc1. The summed E-state index contributed by atoms with van der Waals surface area (Å²) < 4.78 is 13.4. The zero-order valence-corrected chi connectivity index (χ0v) is 18.6. The first-order valence-corrected chi connectivity index (χ1v) is 11.4. The summed E-state index contributed by atoms with van der Waals surface area (Å²) in [5.74, 6) is 2.98. The van der Waals surface area contributed by atoms with Crippen LogP contribution in [-0.4, -0.2) is 36.6 Å². The lowest BCUT2D eigenvalue weighted by atomic mass is 10.2. The maximum atomic E-state index is 5.84. The fourth-order valence-electron chi connectivity index (χ4n) is 3.27. The van der Waals surface area contributed by atoms with Gasteiger partial charge in [0.25, 0.3) is 0 Å². The van der Waals surface area contributed by atoms with Gasteiger partial charge in [-0.2, -0.15) is 0 Å². The molecule has 164 valence electrons. The van der Waals surface area contributed by atoms with E-state index in [0.29, 0.717) is 35.1 Å². The van der Waals surface area contributed by atoms with Crippen LogP contribution in [0.3, 0.4) is 0 Å². The smallest absolute Gasteiger partial charge is 0.247 e. The molecule has 2 aromatic carbocycles. The Labute approximate surface area is 194 Å². The van der Waals surface area contributed by atoms with Gasteiger partial charge < -0.3 is 9.15 Å². The van der Waals surface area contributed by atoms with Crippen LogP contribution in [0.25, 0.3) is 28.5 Å². The molecule has 0 saturated carbocycles. The highest BCUT2D eigenvalue weighted by Crippen LogP contribution is 2.30. The molecule has 0 fully saturated rings. The summed E-state index contributed by atoms with van der Waals surface area (Å²) in [5, 5.41) is 17.9. The summed E-state index contributed by atoms with van der Waals surface area (Å²) in [7, 11) is 0. The molecule has 0 amide bonds. The van der Waals surface area contributed by atoms with Crippen molar-refractivity contribution in [3.63, 3.8) is 0 Å². The van der Waals surface area contributed by atoms with E-state index in [1.807, 2.05) is 78.2 Å². The lowest BCUT2D eigenvalue weighted by molar-refractivity contribution is 0.340. The van der Waals surface area contributed by atoms with Crippen LogP contribution < -0.4 is 4.74 Å².